The second kappa shape index (κ2) is 5.69. The van der Waals surface area contributed by atoms with E-state index in [2.05, 4.69) is 16.9 Å². The van der Waals surface area contributed by atoms with Gasteiger partial charge in [-0.15, -0.1) is 0 Å². The molecular weight excluding hydrogens is 266 g/mol. The number of likely N-dealkylation sites (N-methyl/N-ethyl adjacent to an activating group) is 1. The highest BCUT2D eigenvalue weighted by atomic mass is 16.4. The van der Waals surface area contributed by atoms with Gasteiger partial charge < -0.3 is 14.2 Å². The Hall–Kier alpha value is -2.14. The van der Waals surface area contributed by atoms with Gasteiger partial charge in [0.05, 0.1) is 0 Å². The Kier molecular flexibility index (Phi) is 3.75. The van der Waals surface area contributed by atoms with E-state index in [0.29, 0.717) is 17.3 Å². The van der Waals surface area contributed by atoms with Gasteiger partial charge in [-0.1, -0.05) is 18.2 Å². The molecule has 1 aromatic heterocycles. The van der Waals surface area contributed by atoms with Gasteiger partial charge in [-0.25, -0.2) is 4.98 Å². The molecule has 1 fully saturated rings. The smallest absolute Gasteiger partial charge is 0.276 e. The molecule has 110 valence electrons. The van der Waals surface area contributed by atoms with Crippen LogP contribution >= 0.6 is 0 Å². The van der Waals surface area contributed by atoms with Crippen molar-refractivity contribution in [2.75, 3.05) is 33.2 Å². The summed E-state index contributed by atoms with van der Waals surface area (Å²) in [5, 5.41) is 0. The van der Waals surface area contributed by atoms with Crippen LogP contribution in [-0.4, -0.2) is 53.9 Å². The molecule has 3 rings (SSSR count). The Morgan fingerprint density at radius 3 is 2.48 bits per heavy atom. The Labute approximate surface area is 124 Å². The summed E-state index contributed by atoms with van der Waals surface area (Å²) in [5.41, 5.74) is 1.32. The first-order valence-corrected chi connectivity index (χ1v) is 7.16. The number of benzene rings is 1. The van der Waals surface area contributed by atoms with Crippen LogP contribution in [0.5, 0.6) is 0 Å². The number of rotatable bonds is 2. The van der Waals surface area contributed by atoms with Crippen molar-refractivity contribution in [3.63, 3.8) is 0 Å². The molecule has 1 amide bonds. The van der Waals surface area contributed by atoms with Gasteiger partial charge in [0.1, 0.15) is 5.76 Å². The third-order valence-electron chi connectivity index (χ3n) is 3.81. The SMILES string of the molecule is Cc1oc(-c2ccccc2)nc1C(=O)N1CCN(C)CC1. The highest BCUT2D eigenvalue weighted by Crippen LogP contribution is 2.22. The van der Waals surface area contributed by atoms with E-state index in [-0.39, 0.29) is 5.91 Å². The summed E-state index contributed by atoms with van der Waals surface area (Å²) in [5.74, 6) is 1.05. The number of nitrogens with zero attached hydrogens (tertiary/aromatic N) is 3. The van der Waals surface area contributed by atoms with Gasteiger partial charge >= 0.3 is 0 Å². The fourth-order valence-corrected chi connectivity index (χ4v) is 2.46. The van der Waals surface area contributed by atoms with E-state index in [4.69, 9.17) is 4.42 Å². The first kappa shape index (κ1) is 13.8. The lowest BCUT2D eigenvalue weighted by molar-refractivity contribution is 0.0657. The highest BCUT2D eigenvalue weighted by Gasteiger charge is 2.25. The van der Waals surface area contributed by atoms with E-state index in [0.717, 1.165) is 31.7 Å². The van der Waals surface area contributed by atoms with E-state index in [1.807, 2.05) is 35.2 Å². The van der Waals surface area contributed by atoms with Gasteiger partial charge in [-0.2, -0.15) is 0 Å². The fourth-order valence-electron chi connectivity index (χ4n) is 2.46. The summed E-state index contributed by atoms with van der Waals surface area (Å²) in [6, 6.07) is 9.65. The molecule has 1 aliphatic rings. The Morgan fingerprint density at radius 2 is 1.81 bits per heavy atom. The van der Waals surface area contributed by atoms with Gasteiger partial charge in [-0.05, 0) is 26.1 Å². The van der Waals surface area contributed by atoms with Crippen LogP contribution in [0.2, 0.25) is 0 Å². The van der Waals surface area contributed by atoms with Crippen LogP contribution in [0.1, 0.15) is 16.2 Å². The second-order valence-electron chi connectivity index (χ2n) is 5.39. The summed E-state index contributed by atoms with van der Waals surface area (Å²) in [6.07, 6.45) is 0. The van der Waals surface area contributed by atoms with Crippen LogP contribution in [0.15, 0.2) is 34.7 Å². The normalized spacial score (nSPS) is 16.2. The standard InChI is InChI=1S/C16H19N3O2/c1-12-14(16(20)19-10-8-18(2)9-11-19)17-15(21-12)13-6-4-3-5-7-13/h3-7H,8-11H2,1-2H3. The lowest BCUT2D eigenvalue weighted by Gasteiger charge is -2.31. The average Bonchev–Trinajstić information content (AvgIpc) is 2.90. The van der Waals surface area contributed by atoms with Crippen LogP contribution in [0, 0.1) is 6.92 Å². The summed E-state index contributed by atoms with van der Waals surface area (Å²) in [4.78, 5) is 21.0. The molecule has 21 heavy (non-hydrogen) atoms. The minimum absolute atomic E-state index is 0.0356. The number of carbonyl (C=O) groups excluding carboxylic acids is 1. The predicted molar refractivity (Wildman–Crippen MR) is 80.1 cm³/mol. The number of piperazine rings is 1. The van der Waals surface area contributed by atoms with Crippen LogP contribution in [0.25, 0.3) is 11.5 Å². The number of aromatic nitrogens is 1. The topological polar surface area (TPSA) is 49.6 Å². The molecule has 1 aliphatic heterocycles. The quantitative estimate of drug-likeness (QED) is 0.847. The Bertz CT molecular complexity index is 628. The van der Waals surface area contributed by atoms with Crippen LogP contribution in [-0.2, 0) is 0 Å². The van der Waals surface area contributed by atoms with Crippen LogP contribution in [0.4, 0.5) is 0 Å². The van der Waals surface area contributed by atoms with E-state index >= 15 is 0 Å². The number of carbonyl (C=O) groups is 1. The van der Waals surface area contributed by atoms with Gasteiger partial charge in [-0.3, -0.25) is 4.79 Å². The summed E-state index contributed by atoms with van der Waals surface area (Å²) >= 11 is 0. The zero-order chi connectivity index (χ0) is 14.8. The van der Waals surface area contributed by atoms with Crippen molar-refractivity contribution in [2.24, 2.45) is 0 Å². The third kappa shape index (κ3) is 2.83. The van der Waals surface area contributed by atoms with Crippen LogP contribution < -0.4 is 0 Å². The van der Waals surface area contributed by atoms with Gasteiger partial charge in [0, 0.05) is 31.7 Å². The van der Waals surface area contributed by atoms with E-state index in [1.165, 1.54) is 0 Å². The third-order valence-corrected chi connectivity index (χ3v) is 3.81. The molecule has 0 N–H and O–H groups in total. The monoisotopic (exact) mass is 285 g/mol. The maximum atomic E-state index is 12.6. The molecule has 0 atom stereocenters. The summed E-state index contributed by atoms with van der Waals surface area (Å²) in [7, 11) is 2.07. The van der Waals surface area contributed by atoms with Crippen molar-refractivity contribution in [3.8, 4) is 11.5 Å². The molecule has 0 bridgehead atoms. The first-order valence-electron chi connectivity index (χ1n) is 7.16. The number of amides is 1. The lowest BCUT2D eigenvalue weighted by atomic mass is 10.2. The van der Waals surface area contributed by atoms with Crippen molar-refractivity contribution >= 4 is 5.91 Å². The zero-order valence-electron chi connectivity index (χ0n) is 12.4. The zero-order valence-corrected chi connectivity index (χ0v) is 12.4. The van der Waals surface area contributed by atoms with Gasteiger partial charge in [0.15, 0.2) is 5.69 Å². The maximum Gasteiger partial charge on any atom is 0.276 e. The van der Waals surface area contributed by atoms with Crippen molar-refractivity contribution in [3.05, 3.63) is 41.8 Å². The molecule has 0 unspecified atom stereocenters. The molecule has 1 aromatic carbocycles. The van der Waals surface area contributed by atoms with Crippen molar-refractivity contribution in [2.45, 2.75) is 6.92 Å². The molecule has 0 saturated carbocycles. The van der Waals surface area contributed by atoms with Crippen molar-refractivity contribution in [1.29, 1.82) is 0 Å². The fraction of sp³-hybridized carbons (Fsp3) is 0.375. The molecule has 5 nitrogen and oxygen atoms in total. The molecular formula is C16H19N3O2. The molecule has 2 heterocycles. The van der Waals surface area contributed by atoms with Crippen molar-refractivity contribution < 1.29 is 9.21 Å². The maximum absolute atomic E-state index is 12.6. The number of hydrogen-bond acceptors (Lipinski definition) is 4. The molecule has 0 aliphatic carbocycles. The van der Waals surface area contributed by atoms with Crippen molar-refractivity contribution in [1.82, 2.24) is 14.8 Å². The Morgan fingerprint density at radius 1 is 1.14 bits per heavy atom. The summed E-state index contributed by atoms with van der Waals surface area (Å²) < 4.78 is 5.66. The predicted octanol–water partition coefficient (Wildman–Crippen LogP) is 2.04. The summed E-state index contributed by atoms with van der Waals surface area (Å²) in [6.45, 7) is 5.07. The highest BCUT2D eigenvalue weighted by molar-refractivity contribution is 5.93. The number of hydrogen-bond donors (Lipinski definition) is 0. The minimum atomic E-state index is -0.0356. The van der Waals surface area contributed by atoms with Gasteiger partial charge in [0.2, 0.25) is 5.89 Å². The Balaban J connectivity index is 1.83. The molecule has 5 heteroatoms. The number of aryl methyl sites for hydroxylation is 1. The molecule has 1 saturated heterocycles. The molecule has 0 radical (unpaired) electrons. The molecule has 2 aromatic rings. The van der Waals surface area contributed by atoms with E-state index in [9.17, 15) is 4.79 Å². The lowest BCUT2D eigenvalue weighted by Crippen LogP contribution is -2.47. The minimum Gasteiger partial charge on any atom is -0.441 e. The average molecular weight is 285 g/mol. The largest absolute Gasteiger partial charge is 0.441 e. The van der Waals surface area contributed by atoms with E-state index in [1.54, 1.807) is 6.92 Å². The first-order chi connectivity index (χ1) is 10.1. The molecule has 0 spiro atoms. The number of oxazole rings is 1. The van der Waals surface area contributed by atoms with Crippen LogP contribution in [0.3, 0.4) is 0 Å². The van der Waals surface area contributed by atoms with Gasteiger partial charge in [0.25, 0.3) is 5.91 Å². The second-order valence-corrected chi connectivity index (χ2v) is 5.39. The van der Waals surface area contributed by atoms with E-state index < -0.39 is 0 Å².